The minimum atomic E-state index is -3.72. The second kappa shape index (κ2) is 10.9. The van der Waals surface area contributed by atoms with Crippen molar-refractivity contribution in [3.05, 3.63) is 54.6 Å². The zero-order valence-corrected chi connectivity index (χ0v) is 18.4. The summed E-state index contributed by atoms with van der Waals surface area (Å²) in [7, 11) is -1.86. The molecule has 0 bridgehead atoms. The number of para-hydroxylation sites is 1. The molecular weight excluding hydrogens is 416 g/mol. The summed E-state index contributed by atoms with van der Waals surface area (Å²) in [5, 5.41) is 2.76. The lowest BCUT2D eigenvalue weighted by atomic mass is 10.3. The second-order valence-corrected chi connectivity index (χ2v) is 9.05. The quantitative estimate of drug-likeness (QED) is 0.549. The van der Waals surface area contributed by atoms with E-state index in [0.717, 1.165) is 18.6 Å². The topological polar surface area (TPSA) is 100 Å². The first-order chi connectivity index (χ1) is 14.9. The zero-order valence-electron chi connectivity index (χ0n) is 17.6. The highest BCUT2D eigenvalue weighted by molar-refractivity contribution is 7.90. The average Bonchev–Trinajstić information content (AvgIpc) is 3.24. The molecule has 0 radical (unpaired) electrons. The highest BCUT2D eigenvalue weighted by Gasteiger charge is 2.19. The number of nitrogens with zero attached hydrogens (tertiary/aromatic N) is 2. The third-order valence-electron chi connectivity index (χ3n) is 4.66. The van der Waals surface area contributed by atoms with E-state index in [4.69, 9.17) is 4.74 Å². The van der Waals surface area contributed by atoms with Crippen LogP contribution in [0.5, 0.6) is 5.75 Å². The maximum atomic E-state index is 12.5. The summed E-state index contributed by atoms with van der Waals surface area (Å²) in [6.45, 7) is 2.09. The van der Waals surface area contributed by atoms with Crippen LogP contribution in [-0.4, -0.2) is 58.3 Å². The molecule has 0 saturated heterocycles. The van der Waals surface area contributed by atoms with E-state index < -0.39 is 10.0 Å². The monoisotopic (exact) mass is 444 g/mol. The van der Waals surface area contributed by atoms with E-state index in [2.05, 4.69) is 15.0 Å². The van der Waals surface area contributed by atoms with Crippen molar-refractivity contribution in [2.75, 3.05) is 38.6 Å². The third-order valence-corrected chi connectivity index (χ3v) is 6.04. The largest absolute Gasteiger partial charge is 0.494 e. The smallest absolute Gasteiger partial charge is 0.262 e. The van der Waals surface area contributed by atoms with Gasteiger partial charge in [-0.15, -0.1) is 0 Å². The number of rotatable bonds is 10. The second-order valence-electron chi connectivity index (χ2n) is 7.37. The van der Waals surface area contributed by atoms with Gasteiger partial charge in [-0.2, -0.15) is 0 Å². The first-order valence-electron chi connectivity index (χ1n) is 10.2. The number of hydrogen-bond acceptors (Lipinski definition) is 6. The van der Waals surface area contributed by atoms with E-state index in [1.54, 1.807) is 12.1 Å². The number of carbonyl (C=O) groups excluding carboxylic acids is 1. The summed E-state index contributed by atoms with van der Waals surface area (Å²) in [5.41, 5.74) is 0.432. The third kappa shape index (κ3) is 7.37. The van der Waals surface area contributed by atoms with Gasteiger partial charge in [0.25, 0.3) is 10.0 Å². The van der Waals surface area contributed by atoms with Crippen molar-refractivity contribution < 1.29 is 17.9 Å². The van der Waals surface area contributed by atoms with Gasteiger partial charge < -0.3 is 10.1 Å². The lowest BCUT2D eigenvalue weighted by Gasteiger charge is -2.16. The number of likely N-dealkylation sites (N-methyl/N-ethyl adjacent to an activating group) is 1. The summed E-state index contributed by atoms with van der Waals surface area (Å²) in [4.78, 5) is 18.5. The minimum Gasteiger partial charge on any atom is -0.494 e. The van der Waals surface area contributed by atoms with Gasteiger partial charge in [0.15, 0.2) is 0 Å². The number of aliphatic imine (C=N–C) groups is 1. The van der Waals surface area contributed by atoms with Gasteiger partial charge in [0, 0.05) is 25.2 Å². The number of amides is 1. The molecule has 1 amide bonds. The Bertz CT molecular complexity index is 1010. The SMILES string of the molecule is CN(CCCOc1ccccc1)CC(=O)Nc1cccc(S(=O)(=O)NC2=NCCC2)c1. The van der Waals surface area contributed by atoms with Crippen molar-refractivity contribution in [2.45, 2.75) is 24.2 Å². The molecule has 0 spiro atoms. The molecule has 2 N–H and O–H groups in total. The average molecular weight is 445 g/mol. The fourth-order valence-electron chi connectivity index (χ4n) is 3.14. The minimum absolute atomic E-state index is 0.0892. The molecule has 0 fully saturated rings. The van der Waals surface area contributed by atoms with Gasteiger partial charge in [-0.05, 0) is 50.2 Å². The number of nitrogens with one attached hydrogen (secondary N) is 2. The molecule has 0 saturated carbocycles. The standard InChI is InChI=1S/C22H28N4O4S/c1-26(14-7-15-30-19-9-3-2-4-10-19)17-22(27)24-18-8-5-11-20(16-18)31(28,29)25-21-12-6-13-23-21/h2-5,8-11,16H,6-7,12-15,17H2,1H3,(H,23,25)(H,24,27). The van der Waals surface area contributed by atoms with Crippen LogP contribution in [0.15, 0.2) is 64.5 Å². The summed E-state index contributed by atoms with van der Waals surface area (Å²) >= 11 is 0. The molecule has 0 aliphatic carbocycles. The van der Waals surface area contributed by atoms with Crippen LogP contribution in [-0.2, 0) is 14.8 Å². The van der Waals surface area contributed by atoms with Crippen LogP contribution in [0.4, 0.5) is 5.69 Å². The normalized spacial score (nSPS) is 13.7. The predicted molar refractivity (Wildman–Crippen MR) is 121 cm³/mol. The fourth-order valence-corrected chi connectivity index (χ4v) is 4.28. The molecule has 31 heavy (non-hydrogen) atoms. The van der Waals surface area contributed by atoms with Crippen LogP contribution < -0.4 is 14.8 Å². The van der Waals surface area contributed by atoms with Crippen molar-refractivity contribution in [2.24, 2.45) is 4.99 Å². The molecule has 1 aliphatic heterocycles. The number of hydrogen-bond donors (Lipinski definition) is 2. The zero-order chi connectivity index (χ0) is 22.1. The lowest BCUT2D eigenvalue weighted by molar-refractivity contribution is -0.117. The van der Waals surface area contributed by atoms with Crippen molar-refractivity contribution in [3.8, 4) is 5.75 Å². The molecular formula is C22H28N4O4S. The summed E-state index contributed by atoms with van der Waals surface area (Å²) in [6, 6.07) is 15.8. The molecule has 166 valence electrons. The number of benzene rings is 2. The van der Waals surface area contributed by atoms with Crippen molar-refractivity contribution in [1.29, 1.82) is 0 Å². The number of sulfonamides is 1. The summed E-state index contributed by atoms with van der Waals surface area (Å²) < 4.78 is 33.2. The molecule has 0 atom stereocenters. The van der Waals surface area contributed by atoms with Gasteiger partial charge in [-0.3, -0.25) is 19.4 Å². The van der Waals surface area contributed by atoms with Crippen LogP contribution in [0.3, 0.4) is 0 Å². The highest BCUT2D eigenvalue weighted by Crippen LogP contribution is 2.16. The Kier molecular flexibility index (Phi) is 8.02. The molecule has 0 aromatic heterocycles. The van der Waals surface area contributed by atoms with E-state index in [9.17, 15) is 13.2 Å². The first kappa shape index (κ1) is 22.8. The Balaban J connectivity index is 1.45. The maximum absolute atomic E-state index is 12.5. The van der Waals surface area contributed by atoms with Crippen LogP contribution in [0, 0.1) is 0 Å². The fraction of sp³-hybridized carbons (Fsp3) is 0.364. The number of carbonyl (C=O) groups is 1. The Morgan fingerprint density at radius 1 is 1.16 bits per heavy atom. The van der Waals surface area contributed by atoms with Crippen molar-refractivity contribution in [3.63, 3.8) is 0 Å². The van der Waals surface area contributed by atoms with Gasteiger partial charge in [0.2, 0.25) is 5.91 Å². The molecule has 3 rings (SSSR count). The van der Waals surface area contributed by atoms with Gasteiger partial charge >= 0.3 is 0 Å². The van der Waals surface area contributed by atoms with Gasteiger partial charge in [0.05, 0.1) is 18.0 Å². The molecule has 8 nitrogen and oxygen atoms in total. The van der Waals surface area contributed by atoms with Gasteiger partial charge in [-0.1, -0.05) is 24.3 Å². The Labute approximate surface area is 183 Å². The first-order valence-corrected chi connectivity index (χ1v) is 11.7. The van der Waals surface area contributed by atoms with Gasteiger partial charge in [0.1, 0.15) is 11.6 Å². The highest BCUT2D eigenvalue weighted by atomic mass is 32.2. The molecule has 0 unspecified atom stereocenters. The van der Waals surface area contributed by atoms with Crippen LogP contribution in [0.1, 0.15) is 19.3 Å². The number of anilines is 1. The van der Waals surface area contributed by atoms with E-state index in [1.807, 2.05) is 42.3 Å². The number of amidine groups is 1. The van der Waals surface area contributed by atoms with Crippen molar-refractivity contribution >= 4 is 27.5 Å². The van der Waals surface area contributed by atoms with Crippen LogP contribution in [0.2, 0.25) is 0 Å². The predicted octanol–water partition coefficient (Wildman–Crippen LogP) is 2.50. The maximum Gasteiger partial charge on any atom is 0.262 e. The molecule has 1 aliphatic rings. The molecule has 9 heteroatoms. The molecule has 1 heterocycles. The van der Waals surface area contributed by atoms with Crippen LogP contribution >= 0.6 is 0 Å². The van der Waals surface area contributed by atoms with Gasteiger partial charge in [-0.25, -0.2) is 8.42 Å². The van der Waals surface area contributed by atoms with E-state index in [-0.39, 0.29) is 17.3 Å². The van der Waals surface area contributed by atoms with E-state index in [1.165, 1.54) is 12.1 Å². The molecule has 2 aromatic carbocycles. The Morgan fingerprint density at radius 2 is 1.97 bits per heavy atom. The summed E-state index contributed by atoms with van der Waals surface area (Å²) in [6.07, 6.45) is 2.25. The molecule has 2 aromatic rings. The summed E-state index contributed by atoms with van der Waals surface area (Å²) in [5.74, 6) is 1.09. The lowest BCUT2D eigenvalue weighted by Crippen LogP contribution is -2.31. The van der Waals surface area contributed by atoms with E-state index >= 15 is 0 Å². The van der Waals surface area contributed by atoms with E-state index in [0.29, 0.717) is 37.6 Å². The Hall–Kier alpha value is -2.91. The van der Waals surface area contributed by atoms with Crippen LogP contribution in [0.25, 0.3) is 0 Å². The number of ether oxygens (including phenoxy) is 1. The Morgan fingerprint density at radius 3 is 2.71 bits per heavy atom. The van der Waals surface area contributed by atoms with Crippen molar-refractivity contribution in [1.82, 2.24) is 9.62 Å².